The van der Waals surface area contributed by atoms with Gasteiger partial charge in [-0.1, -0.05) is 36.4 Å². The van der Waals surface area contributed by atoms with Crippen LogP contribution in [0.15, 0.2) is 67.5 Å². The average Bonchev–Trinajstić information content (AvgIpc) is 3.46. The number of benzene rings is 2. The molecule has 0 aliphatic carbocycles. The summed E-state index contributed by atoms with van der Waals surface area (Å²) in [6.45, 7) is 7.28. The van der Waals surface area contributed by atoms with Crippen LogP contribution in [0.5, 0.6) is 0 Å². The van der Waals surface area contributed by atoms with Gasteiger partial charge in [0.05, 0.1) is 41.5 Å². The first-order valence-electron chi connectivity index (χ1n) is 14.0. The van der Waals surface area contributed by atoms with Gasteiger partial charge in [-0.3, -0.25) is 9.59 Å². The molecule has 3 N–H and O–H groups in total. The van der Waals surface area contributed by atoms with Crippen LogP contribution >= 0.6 is 11.6 Å². The lowest BCUT2D eigenvalue weighted by molar-refractivity contribution is -0.111. The first-order chi connectivity index (χ1) is 20.5. The fraction of sp³-hybridized carbons (Fsp3) is 0.290. The Hall–Kier alpha value is -4.41. The standard InChI is InChI=1S/C31H32ClN7O3/c1-2-28(40)36-26-8-7-20(17-27(26)38-13-15-42-16-14-38)30(41)39-11-9-21(10-12-39)35-31-34-19-24(32)29(37-31)23-18-33-25-6-4-3-5-22(23)25/h2-8,17-19,21,33H,1,9-16H2,(H,36,40)(H,34,35,37). The molecule has 4 heterocycles. The number of anilines is 3. The zero-order valence-electron chi connectivity index (χ0n) is 23.1. The Kier molecular flexibility index (Phi) is 8.07. The van der Waals surface area contributed by atoms with Crippen LogP contribution in [0, 0.1) is 0 Å². The van der Waals surface area contributed by atoms with Crippen LogP contribution in [0.4, 0.5) is 17.3 Å². The number of carbonyl (C=O) groups excluding carboxylic acids is 2. The van der Waals surface area contributed by atoms with Crippen LogP contribution in [0.1, 0.15) is 23.2 Å². The number of para-hydroxylation sites is 1. The Morgan fingerprint density at radius 2 is 1.88 bits per heavy atom. The summed E-state index contributed by atoms with van der Waals surface area (Å²) in [6, 6.07) is 13.6. The molecular formula is C31H32ClN7O3. The number of amides is 2. The second-order valence-electron chi connectivity index (χ2n) is 10.4. The minimum absolute atomic E-state index is 0.0334. The minimum Gasteiger partial charge on any atom is -0.378 e. The number of piperidine rings is 1. The Balaban J connectivity index is 1.13. The van der Waals surface area contributed by atoms with Crippen molar-refractivity contribution in [3.63, 3.8) is 0 Å². The van der Waals surface area contributed by atoms with E-state index in [2.05, 4.69) is 32.1 Å². The van der Waals surface area contributed by atoms with E-state index >= 15 is 0 Å². The summed E-state index contributed by atoms with van der Waals surface area (Å²) in [5.41, 5.74) is 4.65. The van der Waals surface area contributed by atoms with Crippen molar-refractivity contribution in [3.05, 3.63) is 78.1 Å². The summed E-state index contributed by atoms with van der Waals surface area (Å²) in [4.78, 5) is 42.0. The van der Waals surface area contributed by atoms with Crippen LogP contribution in [0.3, 0.4) is 0 Å². The van der Waals surface area contributed by atoms with Crippen LogP contribution in [-0.4, -0.2) is 77.1 Å². The molecule has 4 aromatic rings. The number of fused-ring (bicyclic) bond motifs is 1. The molecule has 2 aromatic carbocycles. The zero-order chi connectivity index (χ0) is 29.1. The smallest absolute Gasteiger partial charge is 0.253 e. The molecule has 0 saturated carbocycles. The lowest BCUT2D eigenvalue weighted by atomic mass is 10.0. The predicted octanol–water partition coefficient (Wildman–Crippen LogP) is 4.96. The molecule has 42 heavy (non-hydrogen) atoms. The number of nitrogens with one attached hydrogen (secondary N) is 3. The first kappa shape index (κ1) is 27.7. The molecule has 2 aromatic heterocycles. The third-order valence-corrected chi connectivity index (χ3v) is 8.02. The van der Waals surface area contributed by atoms with E-state index in [9.17, 15) is 9.59 Å². The lowest BCUT2D eigenvalue weighted by Crippen LogP contribution is -2.42. The second-order valence-corrected chi connectivity index (χ2v) is 10.8. The maximum atomic E-state index is 13.5. The number of rotatable bonds is 7. The molecule has 2 saturated heterocycles. The van der Waals surface area contributed by atoms with E-state index < -0.39 is 0 Å². The number of halogens is 1. The van der Waals surface area contributed by atoms with E-state index in [0.29, 0.717) is 67.3 Å². The monoisotopic (exact) mass is 585 g/mol. The molecule has 0 atom stereocenters. The summed E-state index contributed by atoms with van der Waals surface area (Å²) < 4.78 is 5.49. The molecular weight excluding hydrogens is 554 g/mol. The summed E-state index contributed by atoms with van der Waals surface area (Å²) in [5.74, 6) is 0.182. The van der Waals surface area contributed by atoms with Crippen LogP contribution in [0.2, 0.25) is 5.02 Å². The molecule has 6 rings (SSSR count). The molecule has 11 heteroatoms. The van der Waals surface area contributed by atoms with E-state index in [1.165, 1.54) is 6.08 Å². The number of aromatic amines is 1. The maximum absolute atomic E-state index is 13.5. The molecule has 0 radical (unpaired) electrons. The number of H-pyrrole nitrogens is 1. The van der Waals surface area contributed by atoms with Gasteiger partial charge in [0.1, 0.15) is 0 Å². The number of morpholine rings is 1. The van der Waals surface area contributed by atoms with Gasteiger partial charge in [0.2, 0.25) is 11.9 Å². The molecule has 216 valence electrons. The second kappa shape index (κ2) is 12.2. The van der Waals surface area contributed by atoms with Gasteiger partial charge in [0.25, 0.3) is 5.91 Å². The van der Waals surface area contributed by atoms with E-state index in [1.54, 1.807) is 18.3 Å². The maximum Gasteiger partial charge on any atom is 0.253 e. The van der Waals surface area contributed by atoms with E-state index in [0.717, 1.165) is 35.0 Å². The summed E-state index contributed by atoms with van der Waals surface area (Å²) in [7, 11) is 0. The lowest BCUT2D eigenvalue weighted by Gasteiger charge is -2.33. The predicted molar refractivity (Wildman–Crippen MR) is 165 cm³/mol. The molecule has 0 bridgehead atoms. The first-order valence-corrected chi connectivity index (χ1v) is 14.4. The van der Waals surface area contributed by atoms with Gasteiger partial charge in [-0.25, -0.2) is 9.97 Å². The normalized spacial score (nSPS) is 15.9. The van der Waals surface area contributed by atoms with Crippen molar-refractivity contribution >= 4 is 51.6 Å². The number of nitrogens with zero attached hydrogens (tertiary/aromatic N) is 4. The van der Waals surface area contributed by atoms with Crippen molar-refractivity contribution in [1.29, 1.82) is 0 Å². The summed E-state index contributed by atoms with van der Waals surface area (Å²) in [6.07, 6.45) is 6.28. The van der Waals surface area contributed by atoms with E-state index in [-0.39, 0.29) is 17.9 Å². The zero-order valence-corrected chi connectivity index (χ0v) is 23.9. The molecule has 2 fully saturated rings. The van der Waals surface area contributed by atoms with Crippen molar-refractivity contribution < 1.29 is 14.3 Å². The molecule has 2 aliphatic rings. The highest BCUT2D eigenvalue weighted by molar-refractivity contribution is 6.33. The highest BCUT2D eigenvalue weighted by Gasteiger charge is 2.26. The molecule has 2 aliphatic heterocycles. The van der Waals surface area contributed by atoms with Crippen molar-refractivity contribution in [2.45, 2.75) is 18.9 Å². The van der Waals surface area contributed by atoms with Crippen molar-refractivity contribution in [3.8, 4) is 11.3 Å². The minimum atomic E-state index is -0.295. The highest BCUT2D eigenvalue weighted by atomic mass is 35.5. The topological polar surface area (TPSA) is 115 Å². The molecule has 0 spiro atoms. The Labute approximate surface area is 248 Å². The van der Waals surface area contributed by atoms with Crippen molar-refractivity contribution in [1.82, 2.24) is 19.9 Å². The van der Waals surface area contributed by atoms with Crippen LogP contribution in [-0.2, 0) is 9.53 Å². The van der Waals surface area contributed by atoms with Gasteiger partial charge in [0, 0.05) is 60.4 Å². The van der Waals surface area contributed by atoms with E-state index in [1.807, 2.05) is 41.4 Å². The molecule has 10 nitrogen and oxygen atoms in total. The number of aromatic nitrogens is 3. The van der Waals surface area contributed by atoms with Gasteiger partial charge in [-0.15, -0.1) is 0 Å². The molecule has 0 unspecified atom stereocenters. The number of likely N-dealkylation sites (tertiary alicyclic amines) is 1. The largest absolute Gasteiger partial charge is 0.378 e. The average molecular weight is 586 g/mol. The third-order valence-electron chi connectivity index (χ3n) is 7.74. The number of hydrogen-bond acceptors (Lipinski definition) is 7. The fourth-order valence-electron chi connectivity index (χ4n) is 5.51. The Morgan fingerprint density at radius 3 is 2.67 bits per heavy atom. The van der Waals surface area contributed by atoms with Gasteiger partial charge >= 0.3 is 0 Å². The van der Waals surface area contributed by atoms with Gasteiger partial charge in [0.15, 0.2) is 0 Å². The van der Waals surface area contributed by atoms with Gasteiger partial charge in [-0.05, 0) is 43.2 Å². The third kappa shape index (κ3) is 5.81. The quantitative estimate of drug-likeness (QED) is 0.263. The summed E-state index contributed by atoms with van der Waals surface area (Å²) in [5, 5.41) is 7.84. The number of carbonyl (C=O) groups is 2. The summed E-state index contributed by atoms with van der Waals surface area (Å²) >= 11 is 6.50. The number of hydrogen-bond donors (Lipinski definition) is 3. The SMILES string of the molecule is C=CC(=O)Nc1ccc(C(=O)N2CCC(Nc3ncc(Cl)c(-c4c[nH]c5ccccc45)n3)CC2)cc1N1CCOCC1. The fourth-order valence-corrected chi connectivity index (χ4v) is 5.70. The Bertz CT molecular complexity index is 1620. The number of ether oxygens (including phenoxy) is 1. The van der Waals surface area contributed by atoms with Crippen molar-refractivity contribution in [2.75, 3.05) is 54.9 Å². The molecule has 2 amide bonds. The van der Waals surface area contributed by atoms with E-state index in [4.69, 9.17) is 21.3 Å². The van der Waals surface area contributed by atoms with Gasteiger partial charge < -0.3 is 30.2 Å². The highest BCUT2D eigenvalue weighted by Crippen LogP contribution is 2.33. The van der Waals surface area contributed by atoms with Gasteiger partial charge in [-0.2, -0.15) is 0 Å². The van der Waals surface area contributed by atoms with Crippen molar-refractivity contribution in [2.24, 2.45) is 0 Å². The Morgan fingerprint density at radius 1 is 1.10 bits per heavy atom. The van der Waals surface area contributed by atoms with Crippen LogP contribution in [0.25, 0.3) is 22.2 Å². The van der Waals surface area contributed by atoms with Crippen LogP contribution < -0.4 is 15.5 Å².